The fraction of sp³-hybridized carbons (Fsp3) is 0.825. The van der Waals surface area contributed by atoms with Crippen molar-refractivity contribution in [2.24, 2.45) is 35.5 Å². The van der Waals surface area contributed by atoms with Crippen LogP contribution in [0.5, 0.6) is 0 Å². The number of carbonyl (C=O) groups excluding carboxylic acids is 3. The normalized spacial score (nSPS) is 28.6. The molecule has 46 heavy (non-hydrogen) atoms. The van der Waals surface area contributed by atoms with Crippen molar-refractivity contribution in [1.82, 2.24) is 14.7 Å². The number of allylic oxidation sites excluding steroid dienone is 2. The van der Waals surface area contributed by atoms with Crippen molar-refractivity contribution in [3.8, 4) is 0 Å². The summed E-state index contributed by atoms with van der Waals surface area (Å²) >= 11 is 0. The van der Waals surface area contributed by atoms with Gasteiger partial charge in [0.2, 0.25) is 17.7 Å². The highest BCUT2D eigenvalue weighted by molar-refractivity contribution is 5.82. The quantitative estimate of drug-likeness (QED) is 0.287. The third-order valence-electron chi connectivity index (χ3n) is 9.98. The van der Waals surface area contributed by atoms with Gasteiger partial charge in [0.15, 0.2) is 0 Å². The summed E-state index contributed by atoms with van der Waals surface area (Å²) in [6.45, 7) is 26.4. The maximum absolute atomic E-state index is 12.2. The molecule has 0 aromatic rings. The maximum atomic E-state index is 12.2. The summed E-state index contributed by atoms with van der Waals surface area (Å²) in [5, 5.41) is 0. The first kappa shape index (κ1) is 43.9. The lowest BCUT2D eigenvalue weighted by molar-refractivity contribution is -0.137. The number of nitrogens with zero attached hydrogens (tertiary/aromatic N) is 3. The van der Waals surface area contributed by atoms with E-state index >= 15 is 0 Å². The SMILES string of the molecule is C.CC.CC.CC.CC(C)N1C=CC2CCCC2C1=O.CC(C)N1CC2CCCC2C1=O.CC(C)N1CC=CC2CCCC2C1=O. The Morgan fingerprint density at radius 2 is 1.02 bits per heavy atom. The molecule has 3 aliphatic carbocycles. The van der Waals surface area contributed by atoms with E-state index in [-0.39, 0.29) is 13.3 Å². The van der Waals surface area contributed by atoms with E-state index in [0.29, 0.717) is 65.4 Å². The molecule has 3 amide bonds. The first-order valence-corrected chi connectivity index (χ1v) is 18.9. The van der Waals surface area contributed by atoms with Crippen LogP contribution in [0.2, 0.25) is 0 Å². The van der Waals surface area contributed by atoms with Crippen LogP contribution < -0.4 is 0 Å². The van der Waals surface area contributed by atoms with Crippen molar-refractivity contribution in [1.29, 1.82) is 0 Å². The van der Waals surface area contributed by atoms with Gasteiger partial charge in [-0.2, -0.15) is 0 Å². The minimum absolute atomic E-state index is 0. The van der Waals surface area contributed by atoms with E-state index in [1.165, 1.54) is 38.5 Å². The van der Waals surface area contributed by atoms with E-state index in [1.54, 1.807) is 0 Å². The van der Waals surface area contributed by atoms with Gasteiger partial charge in [0, 0.05) is 55.2 Å². The van der Waals surface area contributed by atoms with Crippen LogP contribution in [0.15, 0.2) is 24.4 Å². The molecule has 0 bridgehead atoms. The molecule has 4 fully saturated rings. The Morgan fingerprint density at radius 3 is 1.52 bits per heavy atom. The molecule has 0 aromatic heterocycles. The maximum Gasteiger partial charge on any atom is 0.230 e. The van der Waals surface area contributed by atoms with Crippen molar-refractivity contribution >= 4 is 17.7 Å². The van der Waals surface area contributed by atoms with Crippen molar-refractivity contribution in [2.45, 2.75) is 166 Å². The standard InChI is InChI=1S/C12H19NO.C11H17NO.C10H17NO.3C2H6.CH4/c1-9(2)13-8-4-6-10-5-3-7-11(10)12(13)14;1-8(2)12-7-6-9-4-3-5-10(9)11(12)13;1-7(2)11-6-8-4-3-5-9(8)10(11)12;3*1-2;/h4,6,9-11H,3,5,7-8H2,1-2H3;6-10H,3-5H2,1-2H3;7-9H,3-6H2,1-2H3;3*1-2H3;1H4. The molecule has 1 saturated heterocycles. The summed E-state index contributed by atoms with van der Waals surface area (Å²) in [6.07, 6.45) is 19.4. The van der Waals surface area contributed by atoms with E-state index in [2.05, 4.69) is 64.7 Å². The summed E-state index contributed by atoms with van der Waals surface area (Å²) < 4.78 is 0. The van der Waals surface area contributed by atoms with E-state index in [9.17, 15) is 14.4 Å². The lowest BCUT2D eigenvalue weighted by Gasteiger charge is -2.31. The lowest BCUT2D eigenvalue weighted by Crippen LogP contribution is -2.40. The molecule has 6 heteroatoms. The van der Waals surface area contributed by atoms with Crippen LogP contribution in [0.3, 0.4) is 0 Å². The molecule has 3 aliphatic heterocycles. The van der Waals surface area contributed by atoms with Gasteiger partial charge in [0.25, 0.3) is 0 Å². The van der Waals surface area contributed by atoms with Gasteiger partial charge >= 0.3 is 0 Å². The van der Waals surface area contributed by atoms with E-state index < -0.39 is 0 Å². The molecule has 3 heterocycles. The summed E-state index contributed by atoms with van der Waals surface area (Å²) in [5.74, 6) is 3.91. The molecule has 268 valence electrons. The van der Waals surface area contributed by atoms with E-state index in [4.69, 9.17) is 0 Å². The Bertz CT molecular complexity index is 936. The number of hydrogen-bond acceptors (Lipinski definition) is 3. The van der Waals surface area contributed by atoms with Gasteiger partial charge in [-0.15, -0.1) is 0 Å². The van der Waals surface area contributed by atoms with Gasteiger partial charge in [0.1, 0.15) is 0 Å². The van der Waals surface area contributed by atoms with Crippen LogP contribution in [-0.4, -0.2) is 63.6 Å². The molecule has 0 aromatic carbocycles. The van der Waals surface area contributed by atoms with E-state index in [0.717, 1.165) is 32.4 Å². The average Bonchev–Trinajstić information content (AvgIpc) is 3.84. The highest BCUT2D eigenvalue weighted by atomic mass is 16.2. The Hall–Kier alpha value is -2.11. The van der Waals surface area contributed by atoms with Crippen LogP contribution in [0.25, 0.3) is 0 Å². The first-order valence-electron chi connectivity index (χ1n) is 18.9. The highest BCUT2D eigenvalue weighted by Crippen LogP contribution is 2.40. The molecule has 0 N–H and O–H groups in total. The van der Waals surface area contributed by atoms with Crippen molar-refractivity contribution in [2.75, 3.05) is 13.1 Å². The Balaban J connectivity index is 0.000000605. The van der Waals surface area contributed by atoms with Crippen LogP contribution in [-0.2, 0) is 14.4 Å². The monoisotopic (exact) mass is 646 g/mol. The number of amides is 3. The van der Waals surface area contributed by atoms with Gasteiger partial charge in [-0.05, 0) is 97.8 Å². The first-order chi connectivity index (χ1) is 21.6. The topological polar surface area (TPSA) is 60.9 Å². The Morgan fingerprint density at radius 1 is 0.565 bits per heavy atom. The Labute approximate surface area is 285 Å². The van der Waals surface area contributed by atoms with Gasteiger partial charge in [-0.25, -0.2) is 0 Å². The number of rotatable bonds is 3. The molecule has 0 spiro atoms. The third-order valence-corrected chi connectivity index (χ3v) is 9.98. The smallest absolute Gasteiger partial charge is 0.230 e. The molecule has 6 aliphatic rings. The number of hydrogen-bond donors (Lipinski definition) is 0. The van der Waals surface area contributed by atoms with Crippen LogP contribution >= 0.6 is 0 Å². The minimum Gasteiger partial charge on any atom is -0.340 e. The van der Waals surface area contributed by atoms with Crippen LogP contribution in [0.4, 0.5) is 0 Å². The third kappa shape index (κ3) is 11.3. The minimum atomic E-state index is 0. The molecule has 6 atom stereocenters. The predicted molar refractivity (Wildman–Crippen MR) is 197 cm³/mol. The second-order valence-electron chi connectivity index (χ2n) is 13.5. The zero-order chi connectivity index (χ0) is 34.3. The van der Waals surface area contributed by atoms with Crippen molar-refractivity contribution in [3.05, 3.63) is 24.4 Å². The second-order valence-corrected chi connectivity index (χ2v) is 13.5. The molecule has 0 radical (unpaired) electrons. The van der Waals surface area contributed by atoms with Crippen LogP contribution in [0.1, 0.15) is 148 Å². The van der Waals surface area contributed by atoms with Crippen molar-refractivity contribution in [3.63, 3.8) is 0 Å². The molecule has 3 saturated carbocycles. The summed E-state index contributed by atoms with van der Waals surface area (Å²) in [4.78, 5) is 41.8. The fourth-order valence-electron chi connectivity index (χ4n) is 7.67. The second kappa shape index (κ2) is 22.5. The van der Waals surface area contributed by atoms with Gasteiger partial charge in [0.05, 0.1) is 0 Å². The number of fused-ring (bicyclic) bond motifs is 3. The fourth-order valence-corrected chi connectivity index (χ4v) is 7.67. The summed E-state index contributed by atoms with van der Waals surface area (Å²) in [7, 11) is 0. The molecular weight excluding hydrogens is 570 g/mol. The largest absolute Gasteiger partial charge is 0.340 e. The predicted octanol–water partition coefficient (Wildman–Crippen LogP) is 9.74. The van der Waals surface area contributed by atoms with Gasteiger partial charge in [-0.3, -0.25) is 14.4 Å². The highest BCUT2D eigenvalue weighted by Gasteiger charge is 2.43. The molecule has 6 nitrogen and oxygen atoms in total. The molecule has 6 rings (SSSR count). The van der Waals surface area contributed by atoms with E-state index in [1.807, 2.05) is 57.5 Å². The molecule has 6 unspecified atom stereocenters. The Kier molecular flexibility index (Phi) is 21.4. The van der Waals surface area contributed by atoms with Crippen molar-refractivity contribution < 1.29 is 14.4 Å². The van der Waals surface area contributed by atoms with Gasteiger partial charge in [-0.1, -0.05) is 86.5 Å². The van der Waals surface area contributed by atoms with Crippen LogP contribution in [0, 0.1) is 35.5 Å². The summed E-state index contributed by atoms with van der Waals surface area (Å²) in [5.41, 5.74) is 0. The molecular formula is C40H75N3O3. The zero-order valence-corrected chi connectivity index (χ0v) is 31.4. The average molecular weight is 646 g/mol. The number of carbonyl (C=O) groups is 3. The number of likely N-dealkylation sites (tertiary alicyclic amines) is 1. The summed E-state index contributed by atoms with van der Waals surface area (Å²) in [6, 6.07) is 1.06. The zero-order valence-electron chi connectivity index (χ0n) is 31.4. The lowest BCUT2D eigenvalue weighted by atomic mass is 9.91. The van der Waals surface area contributed by atoms with Gasteiger partial charge < -0.3 is 14.7 Å².